The third kappa shape index (κ3) is 3.67. The van der Waals surface area contributed by atoms with Crippen molar-refractivity contribution in [2.24, 2.45) is 0 Å². The number of amides is 1. The lowest BCUT2D eigenvalue weighted by Crippen LogP contribution is -2.39. The molecule has 0 spiro atoms. The van der Waals surface area contributed by atoms with Gasteiger partial charge in [-0.3, -0.25) is 4.79 Å². The predicted octanol–water partition coefficient (Wildman–Crippen LogP) is 3.74. The van der Waals surface area contributed by atoms with Crippen LogP contribution in [0.25, 0.3) is 11.6 Å². The van der Waals surface area contributed by atoms with Crippen LogP contribution in [0.4, 0.5) is 4.39 Å². The molecule has 1 N–H and O–H groups in total. The first-order valence-corrected chi connectivity index (χ1v) is 9.44. The zero-order valence-electron chi connectivity index (χ0n) is 15.9. The second-order valence-corrected chi connectivity index (χ2v) is 7.42. The minimum absolute atomic E-state index is 0.00291. The van der Waals surface area contributed by atoms with Crippen molar-refractivity contribution in [2.75, 3.05) is 13.1 Å². The van der Waals surface area contributed by atoms with Crippen molar-refractivity contribution in [1.29, 1.82) is 0 Å². The fourth-order valence-electron chi connectivity index (χ4n) is 3.44. The summed E-state index contributed by atoms with van der Waals surface area (Å²) in [5.41, 5.74) is 2.35. The topological polar surface area (TPSA) is 87.9 Å². The van der Waals surface area contributed by atoms with E-state index in [1.54, 1.807) is 4.90 Å². The largest absolute Gasteiger partial charge is 0.357 e. The Bertz CT molecular complexity index is 963. The summed E-state index contributed by atoms with van der Waals surface area (Å²) in [4.78, 5) is 25.7. The first kappa shape index (κ1) is 18.3. The van der Waals surface area contributed by atoms with E-state index in [4.69, 9.17) is 4.52 Å². The summed E-state index contributed by atoms with van der Waals surface area (Å²) in [5.74, 6) is 0.706. The van der Waals surface area contributed by atoms with E-state index in [0.717, 1.165) is 18.5 Å². The van der Waals surface area contributed by atoms with Crippen LogP contribution in [0.3, 0.4) is 0 Å². The molecule has 0 radical (unpaired) electrons. The summed E-state index contributed by atoms with van der Waals surface area (Å²) in [6.07, 6.45) is 4.94. The van der Waals surface area contributed by atoms with Crippen LogP contribution in [-0.2, 0) is 0 Å². The van der Waals surface area contributed by atoms with Gasteiger partial charge >= 0.3 is 0 Å². The number of halogens is 1. The Kier molecular flexibility index (Phi) is 4.93. The van der Waals surface area contributed by atoms with Gasteiger partial charge in [0, 0.05) is 31.4 Å². The highest BCUT2D eigenvalue weighted by Crippen LogP contribution is 2.28. The Labute approximate surface area is 162 Å². The van der Waals surface area contributed by atoms with Gasteiger partial charge in [0.15, 0.2) is 5.82 Å². The highest BCUT2D eigenvalue weighted by molar-refractivity contribution is 5.94. The van der Waals surface area contributed by atoms with Crippen molar-refractivity contribution in [1.82, 2.24) is 25.0 Å². The van der Waals surface area contributed by atoms with Crippen LogP contribution in [0.15, 0.2) is 35.1 Å². The van der Waals surface area contributed by atoms with Crippen LogP contribution < -0.4 is 0 Å². The third-order valence-electron chi connectivity index (χ3n) is 5.09. The number of H-pyrrole nitrogens is 1. The van der Waals surface area contributed by atoms with Gasteiger partial charge in [-0.1, -0.05) is 19.0 Å². The molecular weight excluding hydrogens is 361 g/mol. The van der Waals surface area contributed by atoms with Crippen LogP contribution in [0.2, 0.25) is 0 Å². The molecule has 1 fully saturated rings. The summed E-state index contributed by atoms with van der Waals surface area (Å²) in [6.45, 7) is 5.38. The summed E-state index contributed by atoms with van der Waals surface area (Å²) in [5, 5.41) is 4.14. The van der Waals surface area contributed by atoms with Crippen LogP contribution >= 0.6 is 0 Å². The number of piperidine rings is 1. The summed E-state index contributed by atoms with van der Waals surface area (Å²) in [6, 6.07) is 4.67. The number of carbonyl (C=O) groups is 1. The lowest BCUT2D eigenvalue weighted by atomic mass is 9.97. The van der Waals surface area contributed by atoms with Crippen molar-refractivity contribution < 1.29 is 13.7 Å². The smallest absolute Gasteiger partial charge is 0.274 e. The Morgan fingerprint density at radius 3 is 2.96 bits per heavy atom. The Hall–Kier alpha value is -3.03. The normalized spacial score (nSPS) is 17.3. The molecule has 4 heterocycles. The number of likely N-dealkylation sites (tertiary alicyclic amines) is 1. The van der Waals surface area contributed by atoms with Gasteiger partial charge in [0.2, 0.25) is 5.95 Å². The van der Waals surface area contributed by atoms with Gasteiger partial charge in [0.25, 0.3) is 11.8 Å². The minimum Gasteiger partial charge on any atom is -0.357 e. The van der Waals surface area contributed by atoms with Gasteiger partial charge in [-0.25, -0.2) is 4.98 Å². The average Bonchev–Trinajstić information content (AvgIpc) is 3.38. The second kappa shape index (κ2) is 7.53. The molecule has 1 aliphatic heterocycles. The van der Waals surface area contributed by atoms with Gasteiger partial charge in [0.1, 0.15) is 5.69 Å². The summed E-state index contributed by atoms with van der Waals surface area (Å²) >= 11 is 0. The first-order valence-electron chi connectivity index (χ1n) is 9.44. The number of pyridine rings is 1. The Morgan fingerprint density at radius 2 is 2.25 bits per heavy atom. The SMILES string of the molecule is CC(C)c1c[nH]c(-c2nc(C3CCCN(C(=O)c4ccc(F)nc4)C3)no2)c1. The molecule has 3 aromatic heterocycles. The number of nitrogens with zero attached hydrogens (tertiary/aromatic N) is 4. The number of hydrogen-bond donors (Lipinski definition) is 1. The van der Waals surface area contributed by atoms with E-state index >= 15 is 0 Å². The third-order valence-corrected chi connectivity index (χ3v) is 5.09. The van der Waals surface area contributed by atoms with Gasteiger partial charge < -0.3 is 14.4 Å². The molecule has 0 bridgehead atoms. The van der Waals surface area contributed by atoms with Crippen LogP contribution in [0, 0.1) is 5.95 Å². The van der Waals surface area contributed by atoms with Gasteiger partial charge in [0.05, 0.1) is 5.56 Å². The quantitative estimate of drug-likeness (QED) is 0.694. The lowest BCUT2D eigenvalue weighted by molar-refractivity contribution is 0.0703. The summed E-state index contributed by atoms with van der Waals surface area (Å²) < 4.78 is 18.4. The number of aromatic amines is 1. The van der Waals surface area contributed by atoms with E-state index in [9.17, 15) is 9.18 Å². The number of nitrogens with one attached hydrogen (secondary N) is 1. The molecule has 146 valence electrons. The van der Waals surface area contributed by atoms with E-state index in [1.807, 2.05) is 12.3 Å². The fraction of sp³-hybridized carbons (Fsp3) is 0.400. The monoisotopic (exact) mass is 383 g/mol. The van der Waals surface area contributed by atoms with E-state index in [2.05, 4.69) is 34.0 Å². The van der Waals surface area contributed by atoms with Crippen molar-refractivity contribution in [2.45, 2.75) is 38.5 Å². The maximum Gasteiger partial charge on any atom is 0.274 e. The van der Waals surface area contributed by atoms with Crippen molar-refractivity contribution in [3.05, 3.63) is 53.5 Å². The summed E-state index contributed by atoms with van der Waals surface area (Å²) in [7, 11) is 0. The van der Waals surface area contributed by atoms with E-state index in [-0.39, 0.29) is 11.8 Å². The van der Waals surface area contributed by atoms with E-state index < -0.39 is 5.95 Å². The first-order chi connectivity index (χ1) is 13.5. The number of rotatable bonds is 4. The van der Waals surface area contributed by atoms with Crippen molar-refractivity contribution >= 4 is 5.91 Å². The minimum atomic E-state index is -0.600. The highest BCUT2D eigenvalue weighted by atomic mass is 19.1. The van der Waals surface area contributed by atoms with E-state index in [1.165, 1.54) is 23.9 Å². The average molecular weight is 383 g/mol. The zero-order valence-corrected chi connectivity index (χ0v) is 15.9. The van der Waals surface area contributed by atoms with Crippen LogP contribution in [0.5, 0.6) is 0 Å². The van der Waals surface area contributed by atoms with Crippen LogP contribution in [-0.4, -0.2) is 44.0 Å². The number of carbonyl (C=O) groups excluding carboxylic acids is 1. The molecule has 0 aromatic carbocycles. The molecule has 1 amide bonds. The molecule has 1 saturated heterocycles. The van der Waals surface area contributed by atoms with Crippen molar-refractivity contribution in [3.63, 3.8) is 0 Å². The molecule has 1 unspecified atom stereocenters. The molecular formula is C20H22FN5O2. The molecule has 8 heteroatoms. The number of hydrogen-bond acceptors (Lipinski definition) is 5. The second-order valence-electron chi connectivity index (χ2n) is 7.42. The lowest BCUT2D eigenvalue weighted by Gasteiger charge is -2.31. The standard InChI is InChI=1S/C20H22FN5O2/c1-12(2)15-8-16(22-10-15)19-24-18(25-28-19)14-4-3-7-26(11-14)20(27)13-5-6-17(21)23-9-13/h5-6,8-10,12,14,22H,3-4,7,11H2,1-2H3. The van der Waals surface area contributed by atoms with Crippen molar-refractivity contribution in [3.8, 4) is 11.6 Å². The molecule has 7 nitrogen and oxygen atoms in total. The fourth-order valence-corrected chi connectivity index (χ4v) is 3.44. The van der Waals surface area contributed by atoms with Gasteiger partial charge in [-0.15, -0.1) is 0 Å². The number of aromatic nitrogens is 4. The maximum atomic E-state index is 13.0. The molecule has 28 heavy (non-hydrogen) atoms. The predicted molar refractivity (Wildman–Crippen MR) is 100 cm³/mol. The molecule has 4 rings (SSSR count). The molecule has 1 aliphatic rings. The zero-order chi connectivity index (χ0) is 19.7. The molecule has 3 aromatic rings. The molecule has 1 atom stereocenters. The molecule has 0 aliphatic carbocycles. The maximum absolute atomic E-state index is 13.0. The Morgan fingerprint density at radius 1 is 1.39 bits per heavy atom. The van der Waals surface area contributed by atoms with E-state index in [0.29, 0.717) is 36.3 Å². The highest BCUT2D eigenvalue weighted by Gasteiger charge is 2.29. The van der Waals surface area contributed by atoms with Gasteiger partial charge in [-0.2, -0.15) is 9.37 Å². The van der Waals surface area contributed by atoms with Crippen LogP contribution in [0.1, 0.15) is 60.3 Å². The van der Waals surface area contributed by atoms with Gasteiger partial charge in [-0.05, 0) is 42.5 Å². The molecule has 0 saturated carbocycles. The Balaban J connectivity index is 1.48.